The van der Waals surface area contributed by atoms with Crippen molar-refractivity contribution in [3.63, 3.8) is 0 Å². The summed E-state index contributed by atoms with van der Waals surface area (Å²) >= 11 is 1.84. The van der Waals surface area contributed by atoms with Crippen LogP contribution in [0.15, 0.2) is 0 Å². The second kappa shape index (κ2) is 7.89. The number of likely N-dealkylation sites (tertiary alicyclic amines) is 1. The lowest BCUT2D eigenvalue weighted by molar-refractivity contribution is -0.135. The van der Waals surface area contributed by atoms with Crippen molar-refractivity contribution in [2.45, 2.75) is 77.9 Å². The molecule has 1 amide bonds. The maximum Gasteiger partial charge on any atom is 0.227 e. The van der Waals surface area contributed by atoms with Gasteiger partial charge in [-0.25, -0.2) is 0 Å². The fourth-order valence-electron chi connectivity index (χ4n) is 3.07. The van der Waals surface area contributed by atoms with E-state index in [9.17, 15) is 4.79 Å². The third-order valence-electron chi connectivity index (χ3n) is 4.75. The summed E-state index contributed by atoms with van der Waals surface area (Å²) in [7, 11) is 0. The summed E-state index contributed by atoms with van der Waals surface area (Å²) in [5.74, 6) is 0.577. The van der Waals surface area contributed by atoms with Gasteiger partial charge in [0.2, 0.25) is 5.91 Å². The first-order chi connectivity index (χ1) is 9.67. The number of hydrogen-bond acceptors (Lipinski definition) is 2. The van der Waals surface area contributed by atoms with Crippen molar-refractivity contribution in [2.24, 2.45) is 11.3 Å². The molecule has 1 atom stereocenters. The highest BCUT2D eigenvalue weighted by Crippen LogP contribution is 2.36. The zero-order valence-electron chi connectivity index (χ0n) is 15.0. The van der Waals surface area contributed by atoms with Gasteiger partial charge in [0.15, 0.2) is 0 Å². The molecule has 0 saturated carbocycles. The SMILES string of the molecule is CSC(C)(C)C(CCCCC(C)(C)C)C(=O)N1CCCC1. The number of thioether (sulfide) groups is 1. The molecule has 1 rings (SSSR count). The average Bonchev–Trinajstić information content (AvgIpc) is 2.90. The quantitative estimate of drug-likeness (QED) is 0.618. The Morgan fingerprint density at radius 2 is 1.67 bits per heavy atom. The summed E-state index contributed by atoms with van der Waals surface area (Å²) in [6, 6.07) is 0. The lowest BCUT2D eigenvalue weighted by atomic mass is 9.85. The summed E-state index contributed by atoms with van der Waals surface area (Å²) in [6.07, 6.45) is 9.20. The summed E-state index contributed by atoms with van der Waals surface area (Å²) in [4.78, 5) is 15.0. The number of unbranched alkanes of at least 4 members (excludes halogenated alkanes) is 1. The number of nitrogens with zero attached hydrogens (tertiary/aromatic N) is 1. The van der Waals surface area contributed by atoms with Gasteiger partial charge in [-0.2, -0.15) is 11.8 Å². The van der Waals surface area contributed by atoms with Crippen LogP contribution in [0.3, 0.4) is 0 Å². The number of carbonyl (C=O) groups excluding carboxylic acids is 1. The molecule has 0 radical (unpaired) electrons. The van der Waals surface area contributed by atoms with Crippen LogP contribution in [-0.4, -0.2) is 34.9 Å². The van der Waals surface area contributed by atoms with Crippen LogP contribution in [-0.2, 0) is 4.79 Å². The molecule has 1 saturated heterocycles. The molecule has 1 aliphatic heterocycles. The van der Waals surface area contributed by atoms with Gasteiger partial charge in [0.25, 0.3) is 0 Å². The summed E-state index contributed by atoms with van der Waals surface area (Å²) < 4.78 is 0.0431. The lowest BCUT2D eigenvalue weighted by Crippen LogP contribution is -2.42. The molecular formula is C18H35NOS. The van der Waals surface area contributed by atoms with Gasteiger partial charge >= 0.3 is 0 Å². The van der Waals surface area contributed by atoms with Crippen LogP contribution >= 0.6 is 11.8 Å². The molecule has 1 aliphatic rings. The van der Waals surface area contributed by atoms with E-state index in [0.717, 1.165) is 19.5 Å². The lowest BCUT2D eigenvalue weighted by Gasteiger charge is -2.35. The summed E-state index contributed by atoms with van der Waals surface area (Å²) in [5, 5.41) is 0. The Hall–Kier alpha value is -0.180. The second-order valence-corrected chi connectivity index (χ2v) is 9.66. The van der Waals surface area contributed by atoms with Crippen molar-refractivity contribution in [3.8, 4) is 0 Å². The van der Waals surface area contributed by atoms with Crippen LogP contribution in [0.2, 0.25) is 0 Å². The first-order valence-corrected chi connectivity index (χ1v) is 9.74. The van der Waals surface area contributed by atoms with Gasteiger partial charge in [-0.05, 0) is 51.2 Å². The maximum atomic E-state index is 12.9. The van der Waals surface area contributed by atoms with E-state index in [0.29, 0.717) is 11.3 Å². The van der Waals surface area contributed by atoms with Crippen molar-refractivity contribution in [3.05, 3.63) is 0 Å². The van der Waals surface area contributed by atoms with Gasteiger partial charge in [0.05, 0.1) is 5.92 Å². The predicted octanol–water partition coefficient (Wildman–Crippen LogP) is 4.97. The van der Waals surface area contributed by atoms with Crippen LogP contribution in [0.1, 0.15) is 73.1 Å². The van der Waals surface area contributed by atoms with E-state index in [-0.39, 0.29) is 10.7 Å². The van der Waals surface area contributed by atoms with Crippen molar-refractivity contribution in [2.75, 3.05) is 19.3 Å². The van der Waals surface area contributed by atoms with Crippen LogP contribution < -0.4 is 0 Å². The van der Waals surface area contributed by atoms with Gasteiger partial charge < -0.3 is 4.90 Å². The van der Waals surface area contributed by atoms with Gasteiger partial charge in [-0.15, -0.1) is 0 Å². The van der Waals surface area contributed by atoms with Crippen LogP contribution in [0.4, 0.5) is 0 Å². The highest BCUT2D eigenvalue weighted by atomic mass is 32.2. The van der Waals surface area contributed by atoms with Crippen LogP contribution in [0, 0.1) is 11.3 Å². The van der Waals surface area contributed by atoms with Crippen molar-refractivity contribution in [1.29, 1.82) is 0 Å². The smallest absolute Gasteiger partial charge is 0.227 e. The van der Waals surface area contributed by atoms with Crippen molar-refractivity contribution in [1.82, 2.24) is 4.90 Å². The molecular weight excluding hydrogens is 278 g/mol. The van der Waals surface area contributed by atoms with E-state index in [1.165, 1.54) is 32.1 Å². The zero-order valence-corrected chi connectivity index (χ0v) is 15.8. The first kappa shape index (κ1) is 18.9. The standard InChI is InChI=1S/C18H35NOS/c1-17(2,3)12-8-7-11-15(18(4,5)21-6)16(20)19-13-9-10-14-19/h15H,7-14H2,1-6H3. The number of carbonyl (C=O) groups is 1. The Bertz CT molecular complexity index is 327. The third kappa shape index (κ3) is 6.22. The molecule has 0 bridgehead atoms. The monoisotopic (exact) mass is 313 g/mol. The molecule has 0 spiro atoms. The topological polar surface area (TPSA) is 20.3 Å². The third-order valence-corrected chi connectivity index (χ3v) is 6.09. The van der Waals surface area contributed by atoms with E-state index in [2.05, 4.69) is 45.8 Å². The van der Waals surface area contributed by atoms with Gasteiger partial charge in [-0.1, -0.05) is 33.6 Å². The predicted molar refractivity (Wildman–Crippen MR) is 94.8 cm³/mol. The highest BCUT2D eigenvalue weighted by Gasteiger charge is 2.37. The van der Waals surface area contributed by atoms with E-state index in [1.54, 1.807) is 0 Å². The second-order valence-electron chi connectivity index (χ2n) is 8.20. The molecule has 1 heterocycles. The molecule has 3 heteroatoms. The molecule has 2 nitrogen and oxygen atoms in total. The summed E-state index contributed by atoms with van der Waals surface area (Å²) in [5.41, 5.74) is 0.406. The van der Waals surface area contributed by atoms with Gasteiger partial charge in [0, 0.05) is 17.8 Å². The first-order valence-electron chi connectivity index (χ1n) is 8.51. The van der Waals surface area contributed by atoms with Crippen LogP contribution in [0.5, 0.6) is 0 Å². The van der Waals surface area contributed by atoms with Gasteiger partial charge in [0.1, 0.15) is 0 Å². The Kier molecular flexibility index (Phi) is 7.09. The molecule has 0 N–H and O–H groups in total. The number of hydrogen-bond donors (Lipinski definition) is 0. The molecule has 0 aliphatic carbocycles. The number of amides is 1. The van der Waals surface area contributed by atoms with E-state index < -0.39 is 0 Å². The highest BCUT2D eigenvalue weighted by molar-refractivity contribution is 8.00. The molecule has 21 heavy (non-hydrogen) atoms. The molecule has 124 valence electrons. The molecule has 0 aromatic heterocycles. The van der Waals surface area contributed by atoms with Crippen LogP contribution in [0.25, 0.3) is 0 Å². The number of rotatable bonds is 7. The molecule has 1 fully saturated rings. The minimum absolute atomic E-state index is 0.0431. The zero-order chi connectivity index (χ0) is 16.1. The Morgan fingerprint density at radius 1 is 1.10 bits per heavy atom. The van der Waals surface area contributed by atoms with E-state index in [4.69, 9.17) is 0 Å². The van der Waals surface area contributed by atoms with Gasteiger partial charge in [-0.3, -0.25) is 4.79 Å². The fourth-order valence-corrected chi connectivity index (χ4v) is 3.58. The maximum absolute atomic E-state index is 12.9. The molecule has 0 aromatic carbocycles. The molecule has 1 unspecified atom stereocenters. The van der Waals surface area contributed by atoms with E-state index >= 15 is 0 Å². The van der Waals surface area contributed by atoms with Crippen molar-refractivity contribution < 1.29 is 4.79 Å². The Balaban J connectivity index is 2.58. The fraction of sp³-hybridized carbons (Fsp3) is 0.944. The minimum Gasteiger partial charge on any atom is -0.342 e. The molecule has 0 aromatic rings. The largest absolute Gasteiger partial charge is 0.342 e. The van der Waals surface area contributed by atoms with E-state index in [1.807, 2.05) is 11.8 Å². The average molecular weight is 314 g/mol. The normalized spacial score (nSPS) is 18.1. The minimum atomic E-state index is 0.0431. The Morgan fingerprint density at radius 3 is 2.14 bits per heavy atom. The summed E-state index contributed by atoms with van der Waals surface area (Å²) in [6.45, 7) is 13.3. The Labute approximate surface area is 136 Å². The van der Waals surface area contributed by atoms with Crippen molar-refractivity contribution >= 4 is 17.7 Å².